The van der Waals surface area contributed by atoms with Gasteiger partial charge in [-0.15, -0.1) is 0 Å². The molecule has 0 aromatic heterocycles. The molecule has 0 amide bonds. The quantitative estimate of drug-likeness (QED) is 0.325. The summed E-state index contributed by atoms with van der Waals surface area (Å²) in [4.78, 5) is 46.4. The summed E-state index contributed by atoms with van der Waals surface area (Å²) in [5.41, 5.74) is 0.251. The number of hydrogen-bond acceptors (Lipinski definition) is 6. The van der Waals surface area contributed by atoms with Crippen molar-refractivity contribution in [2.45, 2.75) is 76.4 Å². The second kappa shape index (κ2) is 10.7. The molecule has 0 aliphatic heterocycles. The zero-order valence-electron chi connectivity index (χ0n) is 20.5. The first-order valence-corrected chi connectivity index (χ1v) is 11.8. The molecule has 1 saturated carbocycles. The van der Waals surface area contributed by atoms with Crippen LogP contribution >= 0.6 is 0 Å². The van der Waals surface area contributed by atoms with E-state index in [1.807, 2.05) is 24.3 Å². The molecule has 2 aromatic carbocycles. The molecule has 2 aromatic rings. The molecule has 0 bridgehead atoms. The number of carbonyl (C=O) groups excluding carboxylic acids is 2. The van der Waals surface area contributed by atoms with Crippen LogP contribution in [0.1, 0.15) is 97.1 Å². The predicted octanol–water partition coefficient (Wildman–Crippen LogP) is 6.53. The molecule has 6 nitrogen and oxygen atoms in total. The first-order chi connectivity index (χ1) is 16.0. The Hall–Kier alpha value is -2.70. The summed E-state index contributed by atoms with van der Waals surface area (Å²) in [6.45, 7) is 16.5. The first kappa shape index (κ1) is 25.9. The van der Waals surface area contributed by atoms with E-state index >= 15 is 0 Å². The molecule has 2 atom stereocenters. The SMILES string of the molecule is [CH2]C1(OOC(=O)c2ccc(C(C)C)cc2)CCCCC1([CH2])OOC(=O)c1ccc(C(C)C)cc1. The standard InChI is InChI=1S/C28H34O6/c1-19(2)21-9-13-23(14-10-21)25(29)31-33-27(5)17-7-8-18-28(27,6)34-32-26(30)24-15-11-22(12-16-24)20(3)4/h9-16,19-20H,5-8,17-18H2,1-4H3. The topological polar surface area (TPSA) is 71.1 Å². The molecule has 182 valence electrons. The highest BCUT2D eigenvalue weighted by Gasteiger charge is 2.53. The Morgan fingerprint density at radius 2 is 1.00 bits per heavy atom. The van der Waals surface area contributed by atoms with Gasteiger partial charge >= 0.3 is 11.9 Å². The lowest BCUT2D eigenvalue weighted by atomic mass is 9.74. The maximum Gasteiger partial charge on any atom is 0.373 e. The van der Waals surface area contributed by atoms with Gasteiger partial charge in [-0.3, -0.25) is 9.78 Å². The zero-order chi connectivity index (χ0) is 24.9. The minimum atomic E-state index is -1.35. The maximum absolute atomic E-state index is 12.5. The van der Waals surface area contributed by atoms with E-state index in [1.54, 1.807) is 24.3 Å². The van der Waals surface area contributed by atoms with E-state index in [0.29, 0.717) is 35.8 Å². The van der Waals surface area contributed by atoms with E-state index in [0.717, 1.165) is 24.0 Å². The molecule has 3 rings (SSSR count). The van der Waals surface area contributed by atoms with Crippen molar-refractivity contribution in [3.63, 3.8) is 0 Å². The third-order valence-corrected chi connectivity index (χ3v) is 6.42. The van der Waals surface area contributed by atoms with E-state index in [2.05, 4.69) is 41.5 Å². The largest absolute Gasteiger partial charge is 0.373 e. The highest BCUT2D eigenvalue weighted by Crippen LogP contribution is 2.42. The van der Waals surface area contributed by atoms with E-state index in [4.69, 9.17) is 19.6 Å². The summed E-state index contributed by atoms with van der Waals surface area (Å²) >= 11 is 0. The van der Waals surface area contributed by atoms with Crippen molar-refractivity contribution in [1.29, 1.82) is 0 Å². The minimum Gasteiger partial charge on any atom is -0.292 e. The molecule has 2 unspecified atom stereocenters. The van der Waals surface area contributed by atoms with Crippen LogP contribution in [0.15, 0.2) is 48.5 Å². The fraction of sp³-hybridized carbons (Fsp3) is 0.429. The van der Waals surface area contributed by atoms with Gasteiger partial charge in [0.1, 0.15) is 11.2 Å². The monoisotopic (exact) mass is 466 g/mol. The lowest BCUT2D eigenvalue weighted by molar-refractivity contribution is -0.403. The van der Waals surface area contributed by atoms with Gasteiger partial charge in [-0.2, -0.15) is 9.78 Å². The van der Waals surface area contributed by atoms with Crippen molar-refractivity contribution in [2.75, 3.05) is 0 Å². The first-order valence-electron chi connectivity index (χ1n) is 11.8. The molecular weight excluding hydrogens is 432 g/mol. The molecule has 0 spiro atoms. The van der Waals surface area contributed by atoms with Crippen LogP contribution in [0.5, 0.6) is 0 Å². The van der Waals surface area contributed by atoms with Gasteiger partial charge in [-0.25, -0.2) is 9.59 Å². The van der Waals surface area contributed by atoms with Crippen LogP contribution in [-0.4, -0.2) is 23.1 Å². The van der Waals surface area contributed by atoms with Crippen molar-refractivity contribution in [2.24, 2.45) is 0 Å². The van der Waals surface area contributed by atoms with Gasteiger partial charge in [-0.1, -0.05) is 64.8 Å². The fourth-order valence-corrected chi connectivity index (χ4v) is 3.85. The normalized spacial score (nSPS) is 22.6. The van der Waals surface area contributed by atoms with Crippen molar-refractivity contribution >= 4 is 11.9 Å². The number of carbonyl (C=O) groups is 2. The lowest BCUT2D eigenvalue weighted by Crippen LogP contribution is -2.56. The third kappa shape index (κ3) is 5.86. The molecule has 0 saturated heterocycles. The van der Waals surface area contributed by atoms with Crippen LogP contribution < -0.4 is 0 Å². The Morgan fingerprint density at radius 1 is 0.676 bits per heavy atom. The Balaban J connectivity index is 1.63. The molecule has 1 fully saturated rings. The van der Waals surface area contributed by atoms with Crippen molar-refractivity contribution in [3.8, 4) is 0 Å². The van der Waals surface area contributed by atoms with Gasteiger partial charge < -0.3 is 0 Å². The molecule has 6 heteroatoms. The Kier molecular flexibility index (Phi) is 8.16. The van der Waals surface area contributed by atoms with Crippen LogP contribution in [0.2, 0.25) is 0 Å². The molecule has 0 N–H and O–H groups in total. The second-order valence-electron chi connectivity index (χ2n) is 9.66. The fourth-order valence-electron chi connectivity index (χ4n) is 3.85. The van der Waals surface area contributed by atoms with Gasteiger partial charge in [0.25, 0.3) is 0 Å². The van der Waals surface area contributed by atoms with Crippen LogP contribution in [0.4, 0.5) is 0 Å². The average molecular weight is 467 g/mol. The van der Waals surface area contributed by atoms with Gasteiger partial charge in [0, 0.05) is 0 Å². The summed E-state index contributed by atoms with van der Waals surface area (Å²) < 4.78 is 0. The molecule has 2 radical (unpaired) electrons. The Labute approximate surface area is 202 Å². The summed E-state index contributed by atoms with van der Waals surface area (Å²) in [6.07, 6.45) is 2.37. The smallest absolute Gasteiger partial charge is 0.292 e. The van der Waals surface area contributed by atoms with Crippen LogP contribution in [0.25, 0.3) is 0 Å². The summed E-state index contributed by atoms with van der Waals surface area (Å²) in [5.74, 6) is -0.583. The van der Waals surface area contributed by atoms with Crippen LogP contribution in [0, 0.1) is 13.8 Å². The average Bonchev–Trinajstić information content (AvgIpc) is 2.83. The zero-order valence-corrected chi connectivity index (χ0v) is 20.5. The van der Waals surface area contributed by atoms with Gasteiger partial charge in [-0.05, 0) is 73.9 Å². The number of hydrogen-bond donors (Lipinski definition) is 0. The van der Waals surface area contributed by atoms with Gasteiger partial charge in [0.2, 0.25) is 0 Å². The highest BCUT2D eigenvalue weighted by atomic mass is 17.2. The molecule has 1 aliphatic carbocycles. The third-order valence-electron chi connectivity index (χ3n) is 6.42. The van der Waals surface area contributed by atoms with E-state index in [1.165, 1.54) is 0 Å². The van der Waals surface area contributed by atoms with Crippen molar-refractivity contribution in [3.05, 3.63) is 84.6 Å². The van der Waals surface area contributed by atoms with E-state index < -0.39 is 23.1 Å². The maximum atomic E-state index is 12.5. The molecule has 1 aliphatic rings. The molecular formula is C28H34O6. The van der Waals surface area contributed by atoms with E-state index in [9.17, 15) is 9.59 Å². The van der Waals surface area contributed by atoms with Gasteiger partial charge in [0.15, 0.2) is 0 Å². The number of rotatable bonds is 8. The number of benzene rings is 2. The van der Waals surface area contributed by atoms with Crippen LogP contribution in [-0.2, 0) is 19.6 Å². The Morgan fingerprint density at radius 3 is 1.29 bits per heavy atom. The van der Waals surface area contributed by atoms with Crippen molar-refractivity contribution < 1.29 is 29.1 Å². The second-order valence-corrected chi connectivity index (χ2v) is 9.66. The minimum absolute atomic E-state index is 0.353. The summed E-state index contributed by atoms with van der Waals surface area (Å²) in [6, 6.07) is 14.3. The van der Waals surface area contributed by atoms with Crippen LogP contribution in [0.3, 0.4) is 0 Å². The highest BCUT2D eigenvalue weighted by molar-refractivity contribution is 5.89. The Bertz CT molecular complexity index is 897. The summed E-state index contributed by atoms with van der Waals surface area (Å²) in [7, 11) is 0. The predicted molar refractivity (Wildman–Crippen MR) is 129 cm³/mol. The van der Waals surface area contributed by atoms with Gasteiger partial charge in [0.05, 0.1) is 11.1 Å². The van der Waals surface area contributed by atoms with Crippen molar-refractivity contribution in [1.82, 2.24) is 0 Å². The molecule has 34 heavy (non-hydrogen) atoms. The lowest BCUT2D eigenvalue weighted by Gasteiger charge is -2.44. The summed E-state index contributed by atoms with van der Waals surface area (Å²) in [5, 5.41) is 0. The van der Waals surface area contributed by atoms with E-state index in [-0.39, 0.29) is 0 Å². The molecule has 0 heterocycles.